The zero-order valence-electron chi connectivity index (χ0n) is 7.85. The van der Waals surface area contributed by atoms with Gasteiger partial charge in [0.2, 0.25) is 5.78 Å². The molecule has 1 atom stereocenters. The maximum Gasteiger partial charge on any atom is 0.214 e. The van der Waals surface area contributed by atoms with Crippen LogP contribution in [-0.4, -0.2) is 11.8 Å². The first-order chi connectivity index (χ1) is 5.95. The van der Waals surface area contributed by atoms with Crippen LogP contribution < -0.4 is 5.73 Å². The minimum Gasteiger partial charge on any atom is -0.457 e. The third-order valence-corrected chi connectivity index (χ3v) is 3.02. The lowest BCUT2D eigenvalue weighted by Crippen LogP contribution is -2.26. The molecule has 2 N–H and O–H groups in total. The first kappa shape index (κ1) is 10.5. The molecule has 1 aromatic heterocycles. The van der Waals surface area contributed by atoms with E-state index in [2.05, 4.69) is 15.9 Å². The van der Waals surface area contributed by atoms with E-state index in [1.54, 1.807) is 13.8 Å². The van der Waals surface area contributed by atoms with Crippen LogP contribution >= 0.6 is 15.9 Å². The molecule has 0 bridgehead atoms. The van der Waals surface area contributed by atoms with Crippen molar-refractivity contribution < 1.29 is 9.21 Å². The number of nitrogens with two attached hydrogens (primary N) is 1. The number of rotatable bonds is 2. The van der Waals surface area contributed by atoms with Crippen molar-refractivity contribution in [3.05, 3.63) is 21.6 Å². The third-order valence-electron chi connectivity index (χ3n) is 1.87. The van der Waals surface area contributed by atoms with E-state index in [0.29, 0.717) is 11.5 Å². The molecule has 0 aliphatic rings. The van der Waals surface area contributed by atoms with E-state index in [0.717, 1.165) is 10.0 Å². The van der Waals surface area contributed by atoms with E-state index in [9.17, 15) is 4.79 Å². The second-order valence-corrected chi connectivity index (χ2v) is 3.87. The predicted octanol–water partition coefficient (Wildman–Crippen LogP) is 2.19. The Morgan fingerprint density at radius 3 is 2.38 bits per heavy atom. The van der Waals surface area contributed by atoms with Gasteiger partial charge in [-0.25, -0.2) is 0 Å². The molecule has 13 heavy (non-hydrogen) atoms. The Morgan fingerprint density at radius 1 is 1.54 bits per heavy atom. The van der Waals surface area contributed by atoms with Crippen LogP contribution in [0.25, 0.3) is 0 Å². The van der Waals surface area contributed by atoms with Crippen LogP contribution in [0, 0.1) is 13.8 Å². The minimum atomic E-state index is -0.517. The van der Waals surface area contributed by atoms with Crippen LogP contribution in [0.5, 0.6) is 0 Å². The van der Waals surface area contributed by atoms with E-state index < -0.39 is 6.04 Å². The van der Waals surface area contributed by atoms with Gasteiger partial charge in [0.05, 0.1) is 10.5 Å². The van der Waals surface area contributed by atoms with E-state index in [4.69, 9.17) is 10.2 Å². The lowest BCUT2D eigenvalue weighted by atomic mass is 10.1. The highest BCUT2D eigenvalue weighted by Crippen LogP contribution is 2.27. The summed E-state index contributed by atoms with van der Waals surface area (Å²) in [7, 11) is 0. The zero-order valence-corrected chi connectivity index (χ0v) is 9.44. The molecule has 72 valence electrons. The monoisotopic (exact) mass is 245 g/mol. The first-order valence-corrected chi connectivity index (χ1v) is 4.79. The molecule has 0 spiro atoms. The summed E-state index contributed by atoms with van der Waals surface area (Å²) in [5.74, 6) is 0.909. The van der Waals surface area contributed by atoms with E-state index in [1.807, 2.05) is 6.92 Å². The number of furan rings is 1. The van der Waals surface area contributed by atoms with E-state index >= 15 is 0 Å². The van der Waals surface area contributed by atoms with Gasteiger partial charge < -0.3 is 10.2 Å². The molecule has 0 radical (unpaired) electrons. The normalized spacial score (nSPS) is 13.0. The average Bonchev–Trinajstić information content (AvgIpc) is 2.31. The van der Waals surface area contributed by atoms with Gasteiger partial charge in [-0.15, -0.1) is 0 Å². The van der Waals surface area contributed by atoms with Crippen LogP contribution in [0.1, 0.15) is 28.8 Å². The second kappa shape index (κ2) is 3.64. The van der Waals surface area contributed by atoms with E-state index in [1.165, 1.54) is 0 Å². The van der Waals surface area contributed by atoms with Crippen LogP contribution in [0.2, 0.25) is 0 Å². The van der Waals surface area contributed by atoms with Crippen molar-refractivity contribution in [3.8, 4) is 0 Å². The SMILES string of the molecule is Cc1oc(C(=O)C(C)N)c(C)c1Br. The highest BCUT2D eigenvalue weighted by atomic mass is 79.9. The molecule has 1 rings (SSSR count). The van der Waals surface area contributed by atoms with Crippen LogP contribution in [0.4, 0.5) is 0 Å². The standard InChI is InChI=1S/C9H12BrNO2/c1-4-7(10)6(3)13-9(4)8(12)5(2)11/h5H,11H2,1-3H3. The molecule has 0 aromatic carbocycles. The number of hydrogen-bond donors (Lipinski definition) is 1. The van der Waals surface area contributed by atoms with Gasteiger partial charge in [0.25, 0.3) is 0 Å². The summed E-state index contributed by atoms with van der Waals surface area (Å²) in [4.78, 5) is 11.5. The van der Waals surface area contributed by atoms with Gasteiger partial charge in [-0.1, -0.05) is 0 Å². The highest BCUT2D eigenvalue weighted by molar-refractivity contribution is 9.10. The van der Waals surface area contributed by atoms with Gasteiger partial charge in [0.1, 0.15) is 5.76 Å². The lowest BCUT2D eigenvalue weighted by Gasteiger charge is -2.00. The quantitative estimate of drug-likeness (QED) is 0.813. The molecule has 0 saturated carbocycles. The number of aryl methyl sites for hydroxylation is 1. The van der Waals surface area contributed by atoms with Crippen molar-refractivity contribution in [2.24, 2.45) is 5.73 Å². The molecule has 4 heteroatoms. The zero-order chi connectivity index (χ0) is 10.2. The summed E-state index contributed by atoms with van der Waals surface area (Å²) < 4.78 is 6.14. The van der Waals surface area contributed by atoms with Crippen molar-refractivity contribution in [2.75, 3.05) is 0 Å². The van der Waals surface area contributed by atoms with Crippen molar-refractivity contribution in [1.82, 2.24) is 0 Å². The van der Waals surface area contributed by atoms with Gasteiger partial charge in [-0.2, -0.15) is 0 Å². The molecule has 0 saturated heterocycles. The lowest BCUT2D eigenvalue weighted by molar-refractivity contribution is 0.0938. The number of halogens is 1. The first-order valence-electron chi connectivity index (χ1n) is 4.00. The summed E-state index contributed by atoms with van der Waals surface area (Å²) in [5, 5.41) is 0. The van der Waals surface area contributed by atoms with Crippen molar-refractivity contribution in [3.63, 3.8) is 0 Å². The average molecular weight is 246 g/mol. The number of carbonyl (C=O) groups excluding carboxylic acids is 1. The Balaban J connectivity index is 3.16. The molecular formula is C9H12BrNO2. The molecule has 0 aliphatic heterocycles. The number of carbonyl (C=O) groups is 1. The summed E-state index contributed by atoms with van der Waals surface area (Å²) in [6.45, 7) is 5.28. The Bertz CT molecular complexity index is 342. The van der Waals surface area contributed by atoms with Crippen LogP contribution in [0.3, 0.4) is 0 Å². The molecule has 1 unspecified atom stereocenters. The molecule has 3 nitrogen and oxygen atoms in total. The third kappa shape index (κ3) is 1.84. The fourth-order valence-corrected chi connectivity index (χ4v) is 1.34. The Labute approximate surface area is 85.4 Å². The molecule has 1 heterocycles. The Morgan fingerprint density at radius 2 is 2.08 bits per heavy atom. The van der Waals surface area contributed by atoms with Crippen molar-refractivity contribution >= 4 is 21.7 Å². The smallest absolute Gasteiger partial charge is 0.214 e. The van der Waals surface area contributed by atoms with Crippen molar-refractivity contribution in [1.29, 1.82) is 0 Å². The summed E-state index contributed by atoms with van der Waals surface area (Å²) in [6.07, 6.45) is 0. The summed E-state index contributed by atoms with van der Waals surface area (Å²) >= 11 is 3.33. The van der Waals surface area contributed by atoms with Gasteiger partial charge >= 0.3 is 0 Å². The molecule has 0 amide bonds. The topological polar surface area (TPSA) is 56.2 Å². The fraction of sp³-hybridized carbons (Fsp3) is 0.444. The summed E-state index contributed by atoms with van der Waals surface area (Å²) in [5.41, 5.74) is 6.29. The predicted molar refractivity (Wildman–Crippen MR) is 53.9 cm³/mol. The number of ketones is 1. The molecule has 1 aromatic rings. The van der Waals surface area contributed by atoms with Crippen molar-refractivity contribution in [2.45, 2.75) is 26.8 Å². The second-order valence-electron chi connectivity index (χ2n) is 3.08. The largest absolute Gasteiger partial charge is 0.457 e. The van der Waals surface area contributed by atoms with Gasteiger partial charge in [0, 0.05) is 5.56 Å². The fourth-order valence-electron chi connectivity index (χ4n) is 1.08. The Kier molecular flexibility index (Phi) is 2.93. The molecule has 0 fully saturated rings. The summed E-state index contributed by atoms with van der Waals surface area (Å²) in [6, 6.07) is -0.517. The van der Waals surface area contributed by atoms with Crippen LogP contribution in [-0.2, 0) is 0 Å². The minimum absolute atomic E-state index is 0.161. The maximum absolute atomic E-state index is 11.5. The Hall–Kier alpha value is -0.610. The van der Waals surface area contributed by atoms with Crippen LogP contribution in [0.15, 0.2) is 8.89 Å². The highest BCUT2D eigenvalue weighted by Gasteiger charge is 2.20. The molecule has 0 aliphatic carbocycles. The van der Waals surface area contributed by atoms with Gasteiger partial charge in [-0.3, -0.25) is 4.79 Å². The maximum atomic E-state index is 11.5. The van der Waals surface area contributed by atoms with Gasteiger partial charge in [-0.05, 0) is 36.7 Å². The number of hydrogen-bond acceptors (Lipinski definition) is 3. The van der Waals surface area contributed by atoms with Gasteiger partial charge in [0.15, 0.2) is 5.76 Å². The molecular weight excluding hydrogens is 234 g/mol. The van der Waals surface area contributed by atoms with E-state index in [-0.39, 0.29) is 5.78 Å². The number of Topliss-reactive ketones (excluding diaryl/α,β-unsaturated/α-hetero) is 1.